The maximum atomic E-state index is 12.8. The van der Waals surface area contributed by atoms with Crippen molar-refractivity contribution in [2.24, 2.45) is 0 Å². The average molecular weight is 809 g/mol. The van der Waals surface area contributed by atoms with E-state index in [1.807, 2.05) is 0 Å². The molecule has 0 saturated carbocycles. The van der Waals surface area contributed by atoms with Crippen molar-refractivity contribution in [2.75, 3.05) is 26.4 Å². The second kappa shape index (κ2) is 39.8. The zero-order valence-electron chi connectivity index (χ0n) is 36.6. The summed E-state index contributed by atoms with van der Waals surface area (Å²) in [5.41, 5.74) is 0. The van der Waals surface area contributed by atoms with Gasteiger partial charge in [0.05, 0.1) is 19.8 Å². The maximum absolute atomic E-state index is 12.8. The summed E-state index contributed by atoms with van der Waals surface area (Å²) in [6.07, 6.45) is 40.3. The third kappa shape index (κ3) is 31.0. The molecule has 1 rings (SSSR count). The third-order valence-corrected chi connectivity index (χ3v) is 10.8. The molecule has 1 fully saturated rings. The first-order valence-electron chi connectivity index (χ1n) is 23.6. The van der Waals surface area contributed by atoms with Crippen molar-refractivity contribution in [3.05, 3.63) is 36.5 Å². The summed E-state index contributed by atoms with van der Waals surface area (Å²) in [5, 5.41) is 40.1. The van der Waals surface area contributed by atoms with E-state index in [0.717, 1.165) is 57.8 Å². The van der Waals surface area contributed by atoms with Crippen LogP contribution in [-0.2, 0) is 23.7 Å². The third-order valence-electron chi connectivity index (χ3n) is 10.8. The van der Waals surface area contributed by atoms with Crippen LogP contribution in [0.15, 0.2) is 36.5 Å². The number of carbonyl (C=O) groups is 1. The van der Waals surface area contributed by atoms with Gasteiger partial charge in [-0.15, -0.1) is 0 Å². The normalized spacial score (nSPS) is 20.7. The summed E-state index contributed by atoms with van der Waals surface area (Å²) in [4.78, 5) is 12.8. The van der Waals surface area contributed by atoms with Crippen LogP contribution in [-0.4, -0.2) is 89.6 Å². The monoisotopic (exact) mass is 809 g/mol. The van der Waals surface area contributed by atoms with E-state index < -0.39 is 43.4 Å². The molecule has 0 bridgehead atoms. The Labute approximate surface area is 349 Å². The van der Waals surface area contributed by atoms with Gasteiger partial charge < -0.3 is 39.4 Å². The number of rotatable bonds is 40. The van der Waals surface area contributed by atoms with Gasteiger partial charge in [0.2, 0.25) is 0 Å². The van der Waals surface area contributed by atoms with Gasteiger partial charge in [0, 0.05) is 13.0 Å². The van der Waals surface area contributed by atoms with Crippen LogP contribution in [0.4, 0.5) is 0 Å². The SMILES string of the molecule is CCCC/C=C\C/C=C\CCCCCCCC(=O)OC(COCCCCCCCCCCCC/C=C\CCCCCCCC)COC1OC(CO)C(O)C(O)C1O. The van der Waals surface area contributed by atoms with Crippen molar-refractivity contribution >= 4 is 5.97 Å². The van der Waals surface area contributed by atoms with Gasteiger partial charge in [-0.3, -0.25) is 4.79 Å². The zero-order chi connectivity index (χ0) is 41.4. The van der Waals surface area contributed by atoms with Gasteiger partial charge in [0.15, 0.2) is 6.29 Å². The largest absolute Gasteiger partial charge is 0.457 e. The summed E-state index contributed by atoms with van der Waals surface area (Å²) < 4.78 is 22.8. The highest BCUT2D eigenvalue weighted by Gasteiger charge is 2.44. The van der Waals surface area contributed by atoms with Gasteiger partial charge in [-0.2, -0.15) is 0 Å². The lowest BCUT2D eigenvalue weighted by Crippen LogP contribution is -2.59. The summed E-state index contributed by atoms with van der Waals surface area (Å²) >= 11 is 0. The Bertz CT molecular complexity index is 968. The first-order valence-corrected chi connectivity index (χ1v) is 23.6. The Balaban J connectivity index is 2.23. The minimum Gasteiger partial charge on any atom is -0.457 e. The van der Waals surface area contributed by atoms with Crippen molar-refractivity contribution < 1.29 is 44.2 Å². The molecule has 9 nitrogen and oxygen atoms in total. The molecule has 0 amide bonds. The fourth-order valence-electron chi connectivity index (χ4n) is 7.03. The molecule has 1 aliphatic heterocycles. The highest BCUT2D eigenvalue weighted by molar-refractivity contribution is 5.69. The van der Waals surface area contributed by atoms with Crippen LogP contribution in [0.1, 0.15) is 200 Å². The van der Waals surface area contributed by atoms with Crippen LogP contribution in [0.5, 0.6) is 0 Å². The fourth-order valence-corrected chi connectivity index (χ4v) is 7.03. The highest BCUT2D eigenvalue weighted by atomic mass is 16.7. The molecule has 0 aliphatic carbocycles. The smallest absolute Gasteiger partial charge is 0.306 e. The quantitative estimate of drug-likeness (QED) is 0.0271. The standard InChI is InChI=1S/C48H88O9/c1-3-5-7-9-11-13-15-17-19-20-21-22-23-24-26-28-30-32-34-36-38-54-40-42(41-55-48-47(53)46(52)45(51)43(39-49)57-48)56-44(50)37-35-33-31-29-27-25-18-16-14-12-10-8-6-4-2/h10,12,16-19,42-43,45-49,51-53H,3-9,11,13-15,20-41H2,1-2H3/b12-10-,18-16-,19-17-. The summed E-state index contributed by atoms with van der Waals surface area (Å²) in [6, 6.07) is 0. The Kier molecular flexibility index (Phi) is 37.4. The van der Waals surface area contributed by atoms with Gasteiger partial charge in [0.25, 0.3) is 0 Å². The molecule has 1 saturated heterocycles. The number of allylic oxidation sites excluding steroid dienone is 6. The van der Waals surface area contributed by atoms with E-state index in [1.165, 1.54) is 122 Å². The van der Waals surface area contributed by atoms with E-state index in [9.17, 15) is 25.2 Å². The Morgan fingerprint density at radius 2 is 1.04 bits per heavy atom. The predicted octanol–water partition coefficient (Wildman–Crippen LogP) is 10.8. The van der Waals surface area contributed by atoms with Crippen molar-refractivity contribution in [2.45, 2.75) is 237 Å². The lowest BCUT2D eigenvalue weighted by molar-refractivity contribution is -0.305. The Morgan fingerprint density at radius 3 is 1.58 bits per heavy atom. The second-order valence-corrected chi connectivity index (χ2v) is 16.2. The van der Waals surface area contributed by atoms with Gasteiger partial charge in [-0.1, -0.05) is 166 Å². The van der Waals surface area contributed by atoms with E-state index >= 15 is 0 Å². The van der Waals surface area contributed by atoms with E-state index in [4.69, 9.17) is 18.9 Å². The van der Waals surface area contributed by atoms with Crippen LogP contribution >= 0.6 is 0 Å². The molecular weight excluding hydrogens is 721 g/mol. The van der Waals surface area contributed by atoms with Crippen LogP contribution in [0.2, 0.25) is 0 Å². The molecule has 0 aromatic heterocycles. The molecule has 0 aromatic rings. The van der Waals surface area contributed by atoms with Crippen molar-refractivity contribution in [3.63, 3.8) is 0 Å². The number of esters is 1. The Morgan fingerprint density at radius 1 is 0.561 bits per heavy atom. The Hall–Kier alpha value is -1.59. The predicted molar refractivity (Wildman–Crippen MR) is 233 cm³/mol. The highest BCUT2D eigenvalue weighted by Crippen LogP contribution is 2.22. The number of aliphatic hydroxyl groups is 4. The first-order chi connectivity index (χ1) is 27.9. The number of ether oxygens (including phenoxy) is 4. The van der Waals surface area contributed by atoms with E-state index in [2.05, 4.69) is 50.3 Å². The fraction of sp³-hybridized carbons (Fsp3) is 0.854. The molecule has 1 heterocycles. The number of hydrogen-bond acceptors (Lipinski definition) is 9. The molecule has 0 aromatic carbocycles. The van der Waals surface area contributed by atoms with Crippen LogP contribution in [0.25, 0.3) is 0 Å². The molecule has 0 radical (unpaired) electrons. The van der Waals surface area contributed by atoms with E-state index in [1.54, 1.807) is 0 Å². The molecule has 6 atom stereocenters. The average Bonchev–Trinajstić information content (AvgIpc) is 3.21. The van der Waals surface area contributed by atoms with Crippen LogP contribution < -0.4 is 0 Å². The number of unbranched alkanes of at least 4 members (excludes halogenated alkanes) is 23. The number of aliphatic hydroxyl groups excluding tert-OH is 4. The number of carbonyl (C=O) groups excluding carboxylic acids is 1. The summed E-state index contributed by atoms with van der Waals surface area (Å²) in [7, 11) is 0. The molecule has 6 unspecified atom stereocenters. The van der Waals surface area contributed by atoms with Crippen molar-refractivity contribution in [1.82, 2.24) is 0 Å². The molecule has 334 valence electrons. The van der Waals surface area contributed by atoms with Gasteiger partial charge in [-0.25, -0.2) is 0 Å². The molecule has 1 aliphatic rings. The lowest BCUT2D eigenvalue weighted by atomic mass is 9.99. The minimum absolute atomic E-state index is 0.119. The van der Waals surface area contributed by atoms with E-state index in [-0.39, 0.29) is 19.2 Å². The van der Waals surface area contributed by atoms with Crippen LogP contribution in [0.3, 0.4) is 0 Å². The van der Waals surface area contributed by atoms with Crippen molar-refractivity contribution in [3.8, 4) is 0 Å². The van der Waals surface area contributed by atoms with Crippen LogP contribution in [0, 0.1) is 0 Å². The van der Waals surface area contributed by atoms with Gasteiger partial charge >= 0.3 is 5.97 Å². The molecule has 9 heteroatoms. The van der Waals surface area contributed by atoms with E-state index in [0.29, 0.717) is 13.0 Å². The summed E-state index contributed by atoms with van der Waals surface area (Å²) in [5.74, 6) is -0.327. The minimum atomic E-state index is -1.54. The zero-order valence-corrected chi connectivity index (χ0v) is 36.6. The molecular formula is C48H88O9. The molecule has 4 N–H and O–H groups in total. The number of hydrogen-bond donors (Lipinski definition) is 4. The maximum Gasteiger partial charge on any atom is 0.306 e. The second-order valence-electron chi connectivity index (χ2n) is 16.2. The first kappa shape index (κ1) is 53.4. The van der Waals surface area contributed by atoms with Gasteiger partial charge in [0.1, 0.15) is 30.5 Å². The lowest BCUT2D eigenvalue weighted by Gasteiger charge is -2.39. The summed E-state index contributed by atoms with van der Waals surface area (Å²) in [6.45, 7) is 4.51. The van der Waals surface area contributed by atoms with Gasteiger partial charge in [-0.05, 0) is 64.2 Å². The molecule has 57 heavy (non-hydrogen) atoms. The molecule has 0 spiro atoms. The topological polar surface area (TPSA) is 135 Å². The van der Waals surface area contributed by atoms with Crippen molar-refractivity contribution in [1.29, 1.82) is 0 Å².